The molecule has 0 spiro atoms. The van der Waals surface area contributed by atoms with Gasteiger partial charge in [-0.15, -0.1) is 0 Å². The van der Waals surface area contributed by atoms with Gasteiger partial charge in [0.25, 0.3) is 0 Å². The molecule has 0 atom stereocenters. The predicted molar refractivity (Wildman–Crippen MR) is 88.1 cm³/mol. The third-order valence-electron chi connectivity index (χ3n) is 3.14. The monoisotopic (exact) mass is 321 g/mol. The maximum Gasteiger partial charge on any atom is 0.232 e. The fraction of sp³-hybridized carbons (Fsp3) is 0.375. The molecule has 0 bridgehead atoms. The van der Waals surface area contributed by atoms with Gasteiger partial charge in [-0.1, -0.05) is 32.4 Å². The van der Waals surface area contributed by atoms with Crippen molar-refractivity contribution in [2.24, 2.45) is 0 Å². The highest BCUT2D eigenvalue weighted by Crippen LogP contribution is 2.25. The Balaban J connectivity index is 2.09. The minimum Gasteiger partial charge on any atom is -0.444 e. The molecule has 0 saturated heterocycles. The van der Waals surface area contributed by atoms with Crippen LogP contribution in [0.4, 0.5) is 11.4 Å². The number of halogens is 1. The maximum absolute atomic E-state index is 12.1. The van der Waals surface area contributed by atoms with Crippen LogP contribution in [0, 0.1) is 6.92 Å². The molecule has 22 heavy (non-hydrogen) atoms. The van der Waals surface area contributed by atoms with Crippen molar-refractivity contribution in [3.63, 3.8) is 0 Å². The molecular formula is C16H20ClN3O2. The van der Waals surface area contributed by atoms with E-state index in [0.717, 1.165) is 5.69 Å². The standard InChI is InChI=1S/C16H20ClN3O2/c1-9-13(22-15(19-9)16(2,3)4)8-14(21)20-10-5-6-12(18)11(17)7-10/h5-7H,8,18H2,1-4H3,(H,20,21). The summed E-state index contributed by atoms with van der Waals surface area (Å²) in [4.78, 5) is 16.5. The van der Waals surface area contributed by atoms with Crippen molar-refractivity contribution < 1.29 is 9.21 Å². The van der Waals surface area contributed by atoms with Crippen LogP contribution in [0.25, 0.3) is 0 Å². The highest BCUT2D eigenvalue weighted by molar-refractivity contribution is 6.33. The van der Waals surface area contributed by atoms with Gasteiger partial charge in [0.15, 0.2) is 5.89 Å². The van der Waals surface area contributed by atoms with E-state index in [1.807, 2.05) is 27.7 Å². The molecule has 118 valence electrons. The molecule has 0 fully saturated rings. The van der Waals surface area contributed by atoms with Crippen LogP contribution in [0.15, 0.2) is 22.6 Å². The zero-order valence-electron chi connectivity index (χ0n) is 13.2. The molecular weight excluding hydrogens is 302 g/mol. The normalized spacial score (nSPS) is 11.5. The van der Waals surface area contributed by atoms with Crippen molar-refractivity contribution in [1.82, 2.24) is 4.98 Å². The molecule has 0 aliphatic carbocycles. The Bertz CT molecular complexity index is 702. The van der Waals surface area contributed by atoms with E-state index in [2.05, 4.69) is 10.3 Å². The largest absolute Gasteiger partial charge is 0.444 e. The number of benzene rings is 1. The van der Waals surface area contributed by atoms with Crippen LogP contribution in [0.1, 0.15) is 38.1 Å². The van der Waals surface area contributed by atoms with Crippen molar-refractivity contribution in [3.8, 4) is 0 Å². The van der Waals surface area contributed by atoms with Crippen molar-refractivity contribution in [2.45, 2.75) is 39.5 Å². The lowest BCUT2D eigenvalue weighted by atomic mass is 9.97. The smallest absolute Gasteiger partial charge is 0.232 e. The van der Waals surface area contributed by atoms with Gasteiger partial charge in [-0.25, -0.2) is 4.98 Å². The molecule has 1 aromatic carbocycles. The number of carbonyl (C=O) groups is 1. The first-order chi connectivity index (χ1) is 10.2. The number of carbonyl (C=O) groups excluding carboxylic acids is 1. The average Bonchev–Trinajstić information content (AvgIpc) is 2.75. The number of aromatic nitrogens is 1. The molecule has 5 nitrogen and oxygen atoms in total. The molecule has 0 unspecified atom stereocenters. The summed E-state index contributed by atoms with van der Waals surface area (Å²) in [5, 5.41) is 3.17. The summed E-state index contributed by atoms with van der Waals surface area (Å²) in [6.45, 7) is 7.87. The molecule has 0 aliphatic rings. The molecule has 6 heteroatoms. The van der Waals surface area contributed by atoms with Crippen LogP contribution in [0.5, 0.6) is 0 Å². The molecule has 1 heterocycles. The number of amides is 1. The molecule has 3 N–H and O–H groups in total. The van der Waals surface area contributed by atoms with E-state index in [-0.39, 0.29) is 17.7 Å². The summed E-state index contributed by atoms with van der Waals surface area (Å²) >= 11 is 5.93. The van der Waals surface area contributed by atoms with E-state index in [9.17, 15) is 4.79 Å². The number of aryl methyl sites for hydroxylation is 1. The van der Waals surface area contributed by atoms with Crippen LogP contribution < -0.4 is 11.1 Å². The Morgan fingerprint density at radius 3 is 2.64 bits per heavy atom. The first kappa shape index (κ1) is 16.4. The van der Waals surface area contributed by atoms with Crippen molar-refractivity contribution >= 4 is 28.9 Å². The number of nitrogen functional groups attached to an aromatic ring is 1. The summed E-state index contributed by atoms with van der Waals surface area (Å²) in [5.41, 5.74) is 7.25. The van der Waals surface area contributed by atoms with E-state index in [1.54, 1.807) is 18.2 Å². The number of hydrogen-bond donors (Lipinski definition) is 2. The van der Waals surface area contributed by atoms with Crippen LogP contribution in [0.3, 0.4) is 0 Å². The first-order valence-corrected chi connectivity index (χ1v) is 7.36. The maximum atomic E-state index is 12.1. The predicted octanol–water partition coefficient (Wildman–Crippen LogP) is 3.70. The van der Waals surface area contributed by atoms with Crippen LogP contribution in [-0.2, 0) is 16.6 Å². The molecule has 0 aliphatic heterocycles. The van der Waals surface area contributed by atoms with Gasteiger partial charge < -0.3 is 15.5 Å². The highest BCUT2D eigenvalue weighted by Gasteiger charge is 2.23. The topological polar surface area (TPSA) is 81.2 Å². The molecule has 0 radical (unpaired) electrons. The second-order valence-electron chi connectivity index (χ2n) is 6.24. The lowest BCUT2D eigenvalue weighted by Gasteiger charge is -2.12. The summed E-state index contributed by atoms with van der Waals surface area (Å²) < 4.78 is 5.71. The minimum atomic E-state index is -0.194. The van der Waals surface area contributed by atoms with E-state index in [4.69, 9.17) is 21.8 Å². The number of oxazole rings is 1. The number of nitrogens with one attached hydrogen (secondary N) is 1. The first-order valence-electron chi connectivity index (χ1n) is 6.98. The summed E-state index contributed by atoms with van der Waals surface area (Å²) in [6, 6.07) is 4.96. The summed E-state index contributed by atoms with van der Waals surface area (Å²) in [7, 11) is 0. The molecule has 1 aromatic heterocycles. The molecule has 2 aromatic rings. The second kappa shape index (κ2) is 6.01. The molecule has 1 amide bonds. The van der Waals surface area contributed by atoms with Crippen LogP contribution in [-0.4, -0.2) is 10.9 Å². The van der Waals surface area contributed by atoms with Gasteiger partial charge in [0.1, 0.15) is 5.76 Å². The van der Waals surface area contributed by atoms with E-state index >= 15 is 0 Å². The number of rotatable bonds is 3. The fourth-order valence-electron chi connectivity index (χ4n) is 1.87. The van der Waals surface area contributed by atoms with Gasteiger partial charge in [-0.2, -0.15) is 0 Å². The summed E-state index contributed by atoms with van der Waals surface area (Å²) in [5.74, 6) is 1.01. The van der Waals surface area contributed by atoms with E-state index < -0.39 is 0 Å². The van der Waals surface area contributed by atoms with Crippen molar-refractivity contribution in [3.05, 3.63) is 40.6 Å². The van der Waals surface area contributed by atoms with Gasteiger partial charge >= 0.3 is 0 Å². The third-order valence-corrected chi connectivity index (χ3v) is 3.47. The zero-order chi connectivity index (χ0) is 16.5. The highest BCUT2D eigenvalue weighted by atomic mass is 35.5. The van der Waals surface area contributed by atoms with Crippen LogP contribution in [0.2, 0.25) is 5.02 Å². The van der Waals surface area contributed by atoms with Crippen molar-refractivity contribution in [2.75, 3.05) is 11.1 Å². The number of anilines is 2. The van der Waals surface area contributed by atoms with Gasteiger partial charge in [0.2, 0.25) is 5.91 Å². The Labute approximate surface area is 134 Å². The minimum absolute atomic E-state index is 0.122. The Morgan fingerprint density at radius 1 is 1.41 bits per heavy atom. The number of nitrogens with zero attached hydrogens (tertiary/aromatic N) is 1. The third kappa shape index (κ3) is 3.80. The van der Waals surface area contributed by atoms with Gasteiger partial charge in [-0.3, -0.25) is 4.79 Å². The second-order valence-corrected chi connectivity index (χ2v) is 6.65. The lowest BCUT2D eigenvalue weighted by molar-refractivity contribution is -0.115. The molecule has 2 rings (SSSR count). The van der Waals surface area contributed by atoms with Gasteiger partial charge in [0.05, 0.1) is 22.8 Å². The van der Waals surface area contributed by atoms with Crippen molar-refractivity contribution in [1.29, 1.82) is 0 Å². The number of hydrogen-bond acceptors (Lipinski definition) is 4. The Kier molecular flexibility index (Phi) is 4.47. The van der Waals surface area contributed by atoms with Gasteiger partial charge in [0, 0.05) is 11.1 Å². The quantitative estimate of drug-likeness (QED) is 0.845. The number of nitrogens with two attached hydrogens (primary N) is 1. The Hall–Kier alpha value is -2.01. The molecule has 0 saturated carbocycles. The summed E-state index contributed by atoms with van der Waals surface area (Å²) in [6.07, 6.45) is 0.122. The van der Waals surface area contributed by atoms with E-state index in [1.165, 1.54) is 0 Å². The SMILES string of the molecule is Cc1nc(C(C)(C)C)oc1CC(=O)Nc1ccc(N)c(Cl)c1. The zero-order valence-corrected chi connectivity index (χ0v) is 13.9. The van der Waals surface area contributed by atoms with Gasteiger partial charge in [-0.05, 0) is 25.1 Å². The Morgan fingerprint density at radius 2 is 2.09 bits per heavy atom. The lowest BCUT2D eigenvalue weighted by Crippen LogP contribution is -2.14. The van der Waals surface area contributed by atoms with Crippen LogP contribution >= 0.6 is 11.6 Å². The van der Waals surface area contributed by atoms with E-state index in [0.29, 0.717) is 28.0 Å². The fourth-order valence-corrected chi connectivity index (χ4v) is 2.05. The average molecular weight is 322 g/mol.